The molecule has 0 aromatic heterocycles. The largest absolute Gasteiger partial charge is 0.326 e. The molecule has 4 amide bonds. The maximum Gasteiger partial charge on any atom is 0.326 e. The molecule has 0 spiro atoms. The minimum absolute atomic E-state index is 0.0562. The first-order valence-electron chi connectivity index (χ1n) is 12.1. The molecular formula is C28H29N5O3. The number of hydrogen-bond acceptors (Lipinski definition) is 5. The predicted molar refractivity (Wildman–Crippen MR) is 137 cm³/mol. The second-order valence-corrected chi connectivity index (χ2v) is 9.10. The highest BCUT2D eigenvalue weighted by molar-refractivity contribution is 6.09. The number of carbonyl (C=O) groups excluding carboxylic acids is 3. The number of anilines is 1. The lowest BCUT2D eigenvalue weighted by Crippen LogP contribution is -2.53. The number of rotatable bonds is 7. The molecule has 0 aliphatic carbocycles. The number of amides is 4. The molecule has 0 saturated carbocycles. The summed E-state index contributed by atoms with van der Waals surface area (Å²) in [6, 6.07) is 27.7. The van der Waals surface area contributed by atoms with Gasteiger partial charge in [0.2, 0.25) is 5.91 Å². The van der Waals surface area contributed by atoms with E-state index >= 15 is 0 Å². The van der Waals surface area contributed by atoms with Crippen LogP contribution < -0.4 is 10.6 Å². The first-order valence-corrected chi connectivity index (χ1v) is 12.1. The van der Waals surface area contributed by atoms with Gasteiger partial charge >= 0.3 is 6.03 Å². The van der Waals surface area contributed by atoms with E-state index < -0.39 is 11.6 Å². The quantitative estimate of drug-likeness (QED) is 0.505. The number of hydrogen-bond donors (Lipinski definition) is 2. The Hall–Kier alpha value is -4.01. The third-order valence-electron chi connectivity index (χ3n) is 6.75. The number of nitrogens with zero attached hydrogens (tertiary/aromatic N) is 3. The summed E-state index contributed by atoms with van der Waals surface area (Å²) in [5.74, 6) is -0.339. The van der Waals surface area contributed by atoms with Crippen LogP contribution in [0.2, 0.25) is 0 Å². The van der Waals surface area contributed by atoms with Crippen molar-refractivity contribution in [2.75, 3.05) is 44.7 Å². The molecule has 3 aromatic carbocycles. The molecule has 184 valence electrons. The Kier molecular flexibility index (Phi) is 6.79. The Labute approximate surface area is 210 Å². The first-order chi connectivity index (χ1) is 17.6. The van der Waals surface area contributed by atoms with E-state index in [1.807, 2.05) is 91.0 Å². The van der Waals surface area contributed by atoms with Crippen LogP contribution in [-0.4, -0.2) is 71.9 Å². The first kappa shape index (κ1) is 23.7. The Bertz CT molecular complexity index is 1170. The van der Waals surface area contributed by atoms with Gasteiger partial charge in [0.1, 0.15) is 0 Å². The normalized spacial score (nSPS) is 18.2. The van der Waals surface area contributed by atoms with Crippen LogP contribution in [0.4, 0.5) is 10.5 Å². The number of para-hydroxylation sites is 1. The van der Waals surface area contributed by atoms with Crippen molar-refractivity contribution in [3.63, 3.8) is 0 Å². The van der Waals surface area contributed by atoms with Gasteiger partial charge in [-0.15, -0.1) is 0 Å². The fourth-order valence-corrected chi connectivity index (χ4v) is 4.85. The van der Waals surface area contributed by atoms with Crippen LogP contribution in [0.5, 0.6) is 0 Å². The Balaban J connectivity index is 1.23. The zero-order valence-corrected chi connectivity index (χ0v) is 20.0. The van der Waals surface area contributed by atoms with Gasteiger partial charge in [0.05, 0.1) is 13.2 Å². The van der Waals surface area contributed by atoms with Crippen molar-refractivity contribution in [1.82, 2.24) is 20.0 Å². The molecule has 0 atom stereocenters. The van der Waals surface area contributed by atoms with Crippen molar-refractivity contribution in [1.29, 1.82) is 0 Å². The van der Waals surface area contributed by atoms with Gasteiger partial charge in [-0.3, -0.25) is 19.4 Å². The molecule has 2 fully saturated rings. The molecule has 8 heteroatoms. The van der Waals surface area contributed by atoms with Crippen molar-refractivity contribution >= 4 is 23.5 Å². The van der Waals surface area contributed by atoms with Gasteiger partial charge in [-0.2, -0.15) is 0 Å². The summed E-state index contributed by atoms with van der Waals surface area (Å²) in [7, 11) is 0. The molecule has 2 aliphatic heterocycles. The topological polar surface area (TPSA) is 85.0 Å². The molecular weight excluding hydrogens is 454 g/mol. The van der Waals surface area contributed by atoms with E-state index in [1.165, 1.54) is 4.90 Å². The number of urea groups is 1. The van der Waals surface area contributed by atoms with E-state index in [2.05, 4.69) is 20.4 Å². The van der Waals surface area contributed by atoms with Crippen LogP contribution in [-0.2, 0) is 15.1 Å². The van der Waals surface area contributed by atoms with Crippen LogP contribution in [0.15, 0.2) is 91.0 Å². The van der Waals surface area contributed by atoms with Crippen molar-refractivity contribution in [3.8, 4) is 0 Å². The molecule has 8 nitrogen and oxygen atoms in total. The maximum absolute atomic E-state index is 13.8. The highest BCUT2D eigenvalue weighted by Gasteiger charge is 2.53. The number of carbonyl (C=O) groups is 3. The highest BCUT2D eigenvalue weighted by atomic mass is 16.2. The Morgan fingerprint density at radius 3 is 1.81 bits per heavy atom. The number of nitrogens with one attached hydrogen (secondary N) is 2. The van der Waals surface area contributed by atoms with Gasteiger partial charge in [0.25, 0.3) is 5.91 Å². The van der Waals surface area contributed by atoms with Gasteiger partial charge in [-0.25, -0.2) is 9.69 Å². The third kappa shape index (κ3) is 4.73. The highest BCUT2D eigenvalue weighted by Crippen LogP contribution is 2.36. The summed E-state index contributed by atoms with van der Waals surface area (Å²) >= 11 is 0. The van der Waals surface area contributed by atoms with E-state index in [9.17, 15) is 14.4 Å². The van der Waals surface area contributed by atoms with E-state index in [-0.39, 0.29) is 18.5 Å². The summed E-state index contributed by atoms with van der Waals surface area (Å²) in [6.07, 6.45) is 0. The lowest BCUT2D eigenvalue weighted by Gasteiger charge is -2.35. The van der Waals surface area contributed by atoms with Gasteiger partial charge in [0, 0.05) is 31.9 Å². The SMILES string of the molecule is O=C(CN1CCN(CN2C(=O)NC(c3ccccc3)(c3ccccc3)C2=O)CC1)Nc1ccccc1. The van der Waals surface area contributed by atoms with Crippen LogP contribution in [0.1, 0.15) is 11.1 Å². The predicted octanol–water partition coefficient (Wildman–Crippen LogP) is 2.70. The molecule has 2 N–H and O–H groups in total. The van der Waals surface area contributed by atoms with Crippen molar-refractivity contribution in [2.45, 2.75) is 5.54 Å². The van der Waals surface area contributed by atoms with Gasteiger partial charge < -0.3 is 10.6 Å². The van der Waals surface area contributed by atoms with E-state index in [1.54, 1.807) is 0 Å². The molecule has 36 heavy (non-hydrogen) atoms. The zero-order valence-electron chi connectivity index (χ0n) is 20.0. The van der Waals surface area contributed by atoms with Crippen LogP contribution in [0.25, 0.3) is 0 Å². The van der Waals surface area contributed by atoms with Crippen LogP contribution >= 0.6 is 0 Å². The monoisotopic (exact) mass is 483 g/mol. The second-order valence-electron chi connectivity index (χ2n) is 9.10. The van der Waals surface area contributed by atoms with E-state index in [0.29, 0.717) is 32.7 Å². The van der Waals surface area contributed by atoms with Crippen LogP contribution in [0.3, 0.4) is 0 Å². The zero-order chi connectivity index (χ0) is 25.0. The Morgan fingerprint density at radius 2 is 1.25 bits per heavy atom. The smallest absolute Gasteiger partial charge is 0.325 e. The third-order valence-corrected chi connectivity index (χ3v) is 6.75. The second kappa shape index (κ2) is 10.3. The number of imide groups is 1. The van der Waals surface area contributed by atoms with Crippen molar-refractivity contribution < 1.29 is 14.4 Å². The summed E-state index contributed by atoms with van der Waals surface area (Å²) in [5, 5.41) is 5.91. The van der Waals surface area contributed by atoms with Gasteiger partial charge in [-0.1, -0.05) is 78.9 Å². The minimum Gasteiger partial charge on any atom is -0.325 e. The standard InChI is InChI=1S/C28H29N5O3/c34-25(29-24-14-8-3-9-15-24)20-31-16-18-32(19-17-31)21-33-26(35)28(30-27(33)36,22-10-4-1-5-11-22)23-12-6-2-7-13-23/h1-15H,16-21H2,(H,29,34)(H,30,36). The molecule has 0 radical (unpaired) electrons. The fraction of sp³-hybridized carbons (Fsp3) is 0.250. The van der Waals surface area contributed by atoms with Crippen molar-refractivity contribution in [3.05, 3.63) is 102 Å². The molecule has 2 saturated heterocycles. The molecule has 2 aliphatic rings. The molecule has 0 bridgehead atoms. The fourth-order valence-electron chi connectivity index (χ4n) is 4.85. The average molecular weight is 484 g/mol. The molecule has 0 unspecified atom stereocenters. The Morgan fingerprint density at radius 1 is 0.750 bits per heavy atom. The molecule has 3 aromatic rings. The average Bonchev–Trinajstić information content (AvgIpc) is 3.17. The summed E-state index contributed by atoms with van der Waals surface area (Å²) in [4.78, 5) is 44.8. The summed E-state index contributed by atoms with van der Waals surface area (Å²) < 4.78 is 0. The molecule has 5 rings (SSSR count). The summed E-state index contributed by atoms with van der Waals surface area (Å²) in [6.45, 7) is 3.16. The number of piperazine rings is 1. The lowest BCUT2D eigenvalue weighted by atomic mass is 9.83. The van der Waals surface area contributed by atoms with E-state index in [4.69, 9.17) is 0 Å². The summed E-state index contributed by atoms with van der Waals surface area (Å²) in [5.41, 5.74) is 0.981. The van der Waals surface area contributed by atoms with Crippen LogP contribution in [0, 0.1) is 0 Å². The minimum atomic E-state index is -1.25. The van der Waals surface area contributed by atoms with E-state index in [0.717, 1.165) is 16.8 Å². The maximum atomic E-state index is 13.8. The molecule has 2 heterocycles. The van der Waals surface area contributed by atoms with Gasteiger partial charge in [0.15, 0.2) is 5.54 Å². The van der Waals surface area contributed by atoms with Gasteiger partial charge in [-0.05, 0) is 23.3 Å². The van der Waals surface area contributed by atoms with Crippen molar-refractivity contribution in [2.24, 2.45) is 0 Å². The lowest BCUT2D eigenvalue weighted by molar-refractivity contribution is -0.132. The number of benzene rings is 3.